The maximum Gasteiger partial charge on any atom is 0.458 e. The summed E-state index contributed by atoms with van der Waals surface area (Å²) in [6.07, 6.45) is -3.02. The fourth-order valence-corrected chi connectivity index (χ4v) is 3.50. The number of nitrogens with zero attached hydrogens (tertiary/aromatic N) is 5. The van der Waals surface area contributed by atoms with Gasteiger partial charge in [0.2, 0.25) is 6.39 Å². The highest BCUT2D eigenvalue weighted by molar-refractivity contribution is 5.84. The smallest absolute Gasteiger partial charge is 0.422 e. The van der Waals surface area contributed by atoms with Crippen molar-refractivity contribution in [3.8, 4) is 11.6 Å². The molecule has 4 aromatic heterocycles. The number of hydrogen-bond donors (Lipinski definition) is 0. The van der Waals surface area contributed by atoms with Crippen LogP contribution in [0.5, 0.6) is 0 Å². The van der Waals surface area contributed by atoms with Crippen molar-refractivity contribution in [1.82, 2.24) is 24.6 Å². The molecule has 30 heavy (non-hydrogen) atoms. The average molecular weight is 427 g/mol. The van der Waals surface area contributed by atoms with Gasteiger partial charge in [-0.1, -0.05) is 0 Å². The molecule has 4 aromatic rings. The molecule has 0 aliphatic heterocycles. The standard InChI is InChI=1S/C18H11F6N5O/c19-16(4-1-5-16)12-6-10(17(20,21)18(22,23)24)9-2-3-13-26-11(15-28-25-8-30-15)7-29(13)14(9)27-12/h2-3,6-8H,1,4-5H2. The molecule has 0 bridgehead atoms. The fourth-order valence-electron chi connectivity index (χ4n) is 3.50. The summed E-state index contributed by atoms with van der Waals surface area (Å²) in [6.45, 7) is 0. The van der Waals surface area contributed by atoms with Gasteiger partial charge in [-0.05, 0) is 37.5 Å². The minimum Gasteiger partial charge on any atom is -0.422 e. The van der Waals surface area contributed by atoms with Crippen LogP contribution in [0.15, 0.2) is 35.2 Å². The van der Waals surface area contributed by atoms with Gasteiger partial charge in [-0.2, -0.15) is 22.0 Å². The minimum atomic E-state index is -5.86. The molecular formula is C18H11F6N5O. The van der Waals surface area contributed by atoms with Crippen LogP contribution in [0.3, 0.4) is 0 Å². The Morgan fingerprint density at radius 1 is 1.07 bits per heavy atom. The number of pyridine rings is 2. The zero-order chi connectivity index (χ0) is 21.3. The van der Waals surface area contributed by atoms with Gasteiger partial charge in [-0.3, -0.25) is 4.40 Å². The van der Waals surface area contributed by atoms with Crippen LogP contribution in [0.4, 0.5) is 26.3 Å². The van der Waals surface area contributed by atoms with Crippen molar-refractivity contribution in [1.29, 1.82) is 0 Å². The number of rotatable bonds is 3. The highest BCUT2D eigenvalue weighted by Gasteiger charge is 2.60. The molecule has 5 rings (SSSR count). The molecule has 156 valence electrons. The van der Waals surface area contributed by atoms with Crippen molar-refractivity contribution >= 4 is 16.7 Å². The molecule has 0 saturated heterocycles. The van der Waals surface area contributed by atoms with Gasteiger partial charge < -0.3 is 4.42 Å². The van der Waals surface area contributed by atoms with Crippen molar-refractivity contribution in [2.24, 2.45) is 0 Å². The molecule has 0 spiro atoms. The Hall–Kier alpha value is -3.18. The van der Waals surface area contributed by atoms with Gasteiger partial charge in [0.1, 0.15) is 17.0 Å². The van der Waals surface area contributed by atoms with E-state index in [0.717, 1.165) is 12.5 Å². The van der Waals surface area contributed by atoms with Crippen LogP contribution in [0.2, 0.25) is 0 Å². The zero-order valence-electron chi connectivity index (χ0n) is 14.9. The molecule has 0 aromatic carbocycles. The molecule has 1 fully saturated rings. The summed E-state index contributed by atoms with van der Waals surface area (Å²) in [5.41, 5.74) is -3.79. The summed E-state index contributed by atoms with van der Waals surface area (Å²) in [6, 6.07) is 2.84. The Balaban J connectivity index is 1.84. The molecule has 1 saturated carbocycles. The number of alkyl halides is 6. The predicted octanol–water partition coefficient (Wildman–Crippen LogP) is 4.94. The minimum absolute atomic E-state index is 0.00429. The maximum absolute atomic E-state index is 15.0. The van der Waals surface area contributed by atoms with E-state index in [1.165, 1.54) is 16.7 Å². The second-order valence-corrected chi connectivity index (χ2v) is 7.11. The molecule has 0 unspecified atom stereocenters. The van der Waals surface area contributed by atoms with Crippen molar-refractivity contribution < 1.29 is 30.8 Å². The first-order chi connectivity index (χ1) is 14.1. The Labute approximate surface area is 163 Å². The normalized spacial score (nSPS) is 16.9. The zero-order valence-corrected chi connectivity index (χ0v) is 14.9. The SMILES string of the molecule is FC1(c2cc(C(F)(F)C(F)(F)F)c3ccc4nc(-c5nnco5)cn4c3n2)CCC1. The van der Waals surface area contributed by atoms with Crippen molar-refractivity contribution in [3.63, 3.8) is 0 Å². The van der Waals surface area contributed by atoms with Gasteiger partial charge >= 0.3 is 12.1 Å². The van der Waals surface area contributed by atoms with Crippen LogP contribution >= 0.6 is 0 Å². The molecule has 6 nitrogen and oxygen atoms in total. The molecule has 1 aliphatic rings. The number of aromatic nitrogens is 5. The molecular weight excluding hydrogens is 416 g/mol. The Morgan fingerprint density at radius 2 is 1.83 bits per heavy atom. The average Bonchev–Trinajstić information content (AvgIpc) is 3.33. The highest BCUT2D eigenvalue weighted by Crippen LogP contribution is 2.50. The third kappa shape index (κ3) is 2.58. The van der Waals surface area contributed by atoms with Gasteiger partial charge in [-0.15, -0.1) is 10.2 Å². The van der Waals surface area contributed by atoms with E-state index in [1.807, 2.05) is 0 Å². The molecule has 12 heteroatoms. The summed E-state index contributed by atoms with van der Waals surface area (Å²) in [4.78, 5) is 8.32. The summed E-state index contributed by atoms with van der Waals surface area (Å²) >= 11 is 0. The fraction of sp³-hybridized carbons (Fsp3) is 0.333. The lowest BCUT2D eigenvalue weighted by Gasteiger charge is -2.34. The second kappa shape index (κ2) is 5.92. The number of halogens is 6. The molecule has 0 amide bonds. The molecule has 0 N–H and O–H groups in total. The van der Waals surface area contributed by atoms with Gasteiger partial charge in [0.15, 0.2) is 5.67 Å². The molecule has 0 atom stereocenters. The Kier molecular flexibility index (Phi) is 3.72. The first-order valence-corrected chi connectivity index (χ1v) is 8.84. The van der Waals surface area contributed by atoms with Crippen LogP contribution in [-0.2, 0) is 11.6 Å². The summed E-state index contributed by atoms with van der Waals surface area (Å²) < 4.78 is 89.5. The lowest BCUT2D eigenvalue weighted by atomic mass is 9.78. The van der Waals surface area contributed by atoms with Crippen LogP contribution in [-0.4, -0.2) is 30.7 Å². The highest BCUT2D eigenvalue weighted by atomic mass is 19.4. The van der Waals surface area contributed by atoms with E-state index in [2.05, 4.69) is 20.2 Å². The largest absolute Gasteiger partial charge is 0.458 e. The van der Waals surface area contributed by atoms with E-state index < -0.39 is 34.4 Å². The lowest BCUT2D eigenvalue weighted by Crippen LogP contribution is -2.35. The first-order valence-electron chi connectivity index (χ1n) is 8.84. The second-order valence-electron chi connectivity index (χ2n) is 7.11. The van der Waals surface area contributed by atoms with Crippen molar-refractivity contribution in [2.45, 2.75) is 37.0 Å². The van der Waals surface area contributed by atoms with Crippen LogP contribution in [0, 0.1) is 0 Å². The first kappa shape index (κ1) is 18.8. The Bertz CT molecular complexity index is 1260. The lowest BCUT2D eigenvalue weighted by molar-refractivity contribution is -0.288. The molecule has 1 aliphatic carbocycles. The number of imidazole rings is 1. The van der Waals surface area contributed by atoms with E-state index in [1.54, 1.807) is 0 Å². The van der Waals surface area contributed by atoms with Gasteiger partial charge in [0.05, 0.1) is 5.69 Å². The topological polar surface area (TPSA) is 69.1 Å². The summed E-state index contributed by atoms with van der Waals surface area (Å²) in [5.74, 6) is -5.18. The van der Waals surface area contributed by atoms with E-state index in [4.69, 9.17) is 4.42 Å². The van der Waals surface area contributed by atoms with Crippen LogP contribution in [0.25, 0.3) is 28.3 Å². The monoisotopic (exact) mass is 427 g/mol. The third-order valence-electron chi connectivity index (χ3n) is 5.28. The number of hydrogen-bond acceptors (Lipinski definition) is 5. The van der Waals surface area contributed by atoms with Crippen molar-refractivity contribution in [2.75, 3.05) is 0 Å². The summed E-state index contributed by atoms with van der Waals surface area (Å²) in [7, 11) is 0. The van der Waals surface area contributed by atoms with Crippen LogP contribution in [0.1, 0.15) is 30.5 Å². The Morgan fingerprint density at radius 3 is 2.43 bits per heavy atom. The summed E-state index contributed by atoms with van der Waals surface area (Å²) in [5, 5.41) is 6.74. The third-order valence-corrected chi connectivity index (χ3v) is 5.28. The molecule has 4 heterocycles. The molecule has 0 radical (unpaired) electrons. The van der Waals surface area contributed by atoms with E-state index in [9.17, 15) is 22.0 Å². The van der Waals surface area contributed by atoms with Crippen LogP contribution < -0.4 is 0 Å². The maximum atomic E-state index is 15.0. The predicted molar refractivity (Wildman–Crippen MR) is 90.4 cm³/mol. The van der Waals surface area contributed by atoms with E-state index in [0.29, 0.717) is 12.5 Å². The van der Waals surface area contributed by atoms with E-state index >= 15 is 4.39 Å². The van der Waals surface area contributed by atoms with Crippen molar-refractivity contribution in [3.05, 3.63) is 42.0 Å². The van der Waals surface area contributed by atoms with Gasteiger partial charge in [0, 0.05) is 17.1 Å². The van der Waals surface area contributed by atoms with Gasteiger partial charge in [-0.25, -0.2) is 14.4 Å². The van der Waals surface area contributed by atoms with E-state index in [-0.39, 0.29) is 35.7 Å². The van der Waals surface area contributed by atoms with Gasteiger partial charge in [0.25, 0.3) is 5.89 Å². The number of fused-ring (bicyclic) bond motifs is 3. The quantitative estimate of drug-likeness (QED) is 0.434.